The third-order valence-corrected chi connectivity index (χ3v) is 3.89. The molecule has 0 spiro atoms. The molecule has 21 heavy (non-hydrogen) atoms. The van der Waals surface area contributed by atoms with E-state index in [1.165, 1.54) is 5.56 Å². The molecule has 2 rings (SSSR count). The van der Waals surface area contributed by atoms with Crippen LogP contribution >= 0.6 is 15.9 Å². The highest BCUT2D eigenvalue weighted by atomic mass is 79.9. The van der Waals surface area contributed by atoms with Crippen LogP contribution in [-0.4, -0.2) is 12.6 Å². The van der Waals surface area contributed by atoms with E-state index >= 15 is 0 Å². The van der Waals surface area contributed by atoms with Gasteiger partial charge in [0.25, 0.3) is 0 Å². The van der Waals surface area contributed by atoms with Gasteiger partial charge in [0.1, 0.15) is 0 Å². The van der Waals surface area contributed by atoms with Crippen LogP contribution in [0.2, 0.25) is 0 Å². The maximum atomic E-state index is 11.8. The number of esters is 1. The largest absolute Gasteiger partial charge is 0.462 e. The number of unbranched alkanes of at least 4 members (excludes halogenated alkanes) is 1. The van der Waals surface area contributed by atoms with Gasteiger partial charge in [-0.2, -0.15) is 0 Å². The van der Waals surface area contributed by atoms with Gasteiger partial charge in [0.2, 0.25) is 0 Å². The summed E-state index contributed by atoms with van der Waals surface area (Å²) < 4.78 is 6.03. The highest BCUT2D eigenvalue weighted by Gasteiger charge is 2.08. The molecule has 110 valence electrons. The molecule has 4 heteroatoms. The molecule has 0 aliphatic carbocycles. The Morgan fingerprint density at radius 3 is 2.57 bits per heavy atom. The summed E-state index contributed by atoms with van der Waals surface area (Å²) in [5.41, 5.74) is 8.07. The molecule has 0 atom stereocenters. The van der Waals surface area contributed by atoms with Gasteiger partial charge in [0.05, 0.1) is 12.2 Å². The molecule has 0 fully saturated rings. The monoisotopic (exact) mass is 347 g/mol. The van der Waals surface area contributed by atoms with Crippen molar-refractivity contribution in [1.82, 2.24) is 0 Å². The second-order valence-electron chi connectivity index (χ2n) is 4.81. The number of nitrogen functional groups attached to an aromatic ring is 1. The minimum Gasteiger partial charge on any atom is -0.462 e. The number of nitrogens with two attached hydrogens (primary N) is 1. The van der Waals surface area contributed by atoms with E-state index in [4.69, 9.17) is 10.5 Å². The van der Waals surface area contributed by atoms with E-state index < -0.39 is 0 Å². The number of halogens is 1. The van der Waals surface area contributed by atoms with Gasteiger partial charge in [-0.1, -0.05) is 30.3 Å². The first-order valence-electron chi connectivity index (χ1n) is 6.93. The zero-order valence-corrected chi connectivity index (χ0v) is 13.3. The Balaban J connectivity index is 1.71. The van der Waals surface area contributed by atoms with Crippen LogP contribution in [0.15, 0.2) is 53.0 Å². The summed E-state index contributed by atoms with van der Waals surface area (Å²) in [5.74, 6) is -0.325. The van der Waals surface area contributed by atoms with Gasteiger partial charge in [-0.3, -0.25) is 0 Å². The predicted octanol–water partition coefficient (Wildman–Crippen LogP) is 4.21. The minimum atomic E-state index is -0.325. The molecule has 0 bridgehead atoms. The molecule has 3 nitrogen and oxygen atoms in total. The van der Waals surface area contributed by atoms with E-state index in [1.807, 2.05) is 18.2 Å². The predicted molar refractivity (Wildman–Crippen MR) is 88.2 cm³/mol. The Bertz CT molecular complexity index is 599. The highest BCUT2D eigenvalue weighted by molar-refractivity contribution is 9.10. The fraction of sp³-hybridized carbons (Fsp3) is 0.235. The molecule has 0 aromatic heterocycles. The van der Waals surface area contributed by atoms with E-state index in [2.05, 4.69) is 28.1 Å². The zero-order chi connectivity index (χ0) is 15.1. The number of benzene rings is 2. The molecular weight excluding hydrogens is 330 g/mol. The van der Waals surface area contributed by atoms with E-state index in [9.17, 15) is 4.79 Å². The Morgan fingerprint density at radius 2 is 1.86 bits per heavy atom. The second kappa shape index (κ2) is 7.84. The van der Waals surface area contributed by atoms with Gasteiger partial charge in [0, 0.05) is 10.2 Å². The smallest absolute Gasteiger partial charge is 0.338 e. The molecule has 0 heterocycles. The van der Waals surface area contributed by atoms with E-state index in [0.717, 1.165) is 23.7 Å². The van der Waals surface area contributed by atoms with Crippen LogP contribution in [0.25, 0.3) is 0 Å². The molecule has 0 amide bonds. The van der Waals surface area contributed by atoms with Crippen LogP contribution in [0, 0.1) is 0 Å². The lowest BCUT2D eigenvalue weighted by atomic mass is 10.1. The van der Waals surface area contributed by atoms with Gasteiger partial charge >= 0.3 is 5.97 Å². The van der Waals surface area contributed by atoms with Crippen LogP contribution in [0.3, 0.4) is 0 Å². The number of rotatable bonds is 6. The molecular formula is C17H18BrNO2. The van der Waals surface area contributed by atoms with Crippen LogP contribution in [0.5, 0.6) is 0 Å². The first-order valence-corrected chi connectivity index (χ1v) is 7.72. The van der Waals surface area contributed by atoms with Crippen molar-refractivity contribution in [2.45, 2.75) is 19.3 Å². The summed E-state index contributed by atoms with van der Waals surface area (Å²) in [6.07, 6.45) is 2.86. The topological polar surface area (TPSA) is 52.3 Å². The van der Waals surface area contributed by atoms with Gasteiger partial charge in [0.15, 0.2) is 0 Å². The molecule has 0 aliphatic rings. The number of aryl methyl sites for hydroxylation is 1. The van der Waals surface area contributed by atoms with Crippen molar-refractivity contribution >= 4 is 27.6 Å². The summed E-state index contributed by atoms with van der Waals surface area (Å²) in [5, 5.41) is 0. The van der Waals surface area contributed by atoms with Gasteiger partial charge in [-0.25, -0.2) is 4.79 Å². The molecule has 0 unspecified atom stereocenters. The lowest BCUT2D eigenvalue weighted by Gasteiger charge is -2.06. The number of carbonyl (C=O) groups is 1. The fourth-order valence-electron chi connectivity index (χ4n) is 1.99. The molecule has 2 aromatic carbocycles. The first kappa shape index (κ1) is 15.6. The summed E-state index contributed by atoms with van der Waals surface area (Å²) in [6.45, 7) is 0.432. The number of hydrogen-bond acceptors (Lipinski definition) is 3. The molecule has 2 aromatic rings. The summed E-state index contributed by atoms with van der Waals surface area (Å²) in [6, 6.07) is 15.4. The molecule has 0 aliphatic heterocycles. The van der Waals surface area contributed by atoms with Crippen LogP contribution in [0.4, 0.5) is 5.69 Å². The standard InChI is InChI=1S/C17H18BrNO2/c18-15-10-9-14(12-16(15)19)17(20)21-11-5-4-8-13-6-2-1-3-7-13/h1-3,6-7,9-10,12H,4-5,8,11,19H2. The van der Waals surface area contributed by atoms with Crippen molar-refractivity contribution < 1.29 is 9.53 Å². The summed E-state index contributed by atoms with van der Waals surface area (Å²) >= 11 is 3.30. The molecule has 0 saturated carbocycles. The van der Waals surface area contributed by atoms with Crippen molar-refractivity contribution in [3.8, 4) is 0 Å². The SMILES string of the molecule is Nc1cc(C(=O)OCCCCc2ccccc2)ccc1Br. The Kier molecular flexibility index (Phi) is 5.81. The Hall–Kier alpha value is -1.81. The van der Waals surface area contributed by atoms with E-state index in [1.54, 1.807) is 18.2 Å². The number of ether oxygens (including phenoxy) is 1. The van der Waals surface area contributed by atoms with Gasteiger partial charge in [-0.15, -0.1) is 0 Å². The fourth-order valence-corrected chi connectivity index (χ4v) is 2.24. The number of carbonyl (C=O) groups excluding carboxylic acids is 1. The van der Waals surface area contributed by atoms with Crippen molar-refractivity contribution in [1.29, 1.82) is 0 Å². The van der Waals surface area contributed by atoms with Crippen LogP contribution < -0.4 is 5.73 Å². The molecule has 0 saturated heterocycles. The van der Waals surface area contributed by atoms with E-state index in [-0.39, 0.29) is 5.97 Å². The van der Waals surface area contributed by atoms with Crippen molar-refractivity contribution in [2.24, 2.45) is 0 Å². The van der Waals surface area contributed by atoms with Crippen molar-refractivity contribution in [3.05, 3.63) is 64.1 Å². The normalized spacial score (nSPS) is 10.3. The summed E-state index contributed by atoms with van der Waals surface area (Å²) in [7, 11) is 0. The first-order chi connectivity index (χ1) is 10.2. The lowest BCUT2D eigenvalue weighted by Crippen LogP contribution is -2.07. The van der Waals surface area contributed by atoms with Crippen molar-refractivity contribution in [3.63, 3.8) is 0 Å². The maximum Gasteiger partial charge on any atom is 0.338 e. The Morgan fingerprint density at radius 1 is 1.10 bits per heavy atom. The average molecular weight is 348 g/mol. The van der Waals surface area contributed by atoms with E-state index in [0.29, 0.717) is 17.9 Å². The maximum absolute atomic E-state index is 11.8. The third kappa shape index (κ3) is 4.90. The number of anilines is 1. The zero-order valence-electron chi connectivity index (χ0n) is 11.7. The van der Waals surface area contributed by atoms with Crippen molar-refractivity contribution in [2.75, 3.05) is 12.3 Å². The van der Waals surface area contributed by atoms with Gasteiger partial charge in [-0.05, 0) is 59.0 Å². The minimum absolute atomic E-state index is 0.325. The van der Waals surface area contributed by atoms with Crippen LogP contribution in [0.1, 0.15) is 28.8 Å². The quantitative estimate of drug-likeness (QED) is 0.483. The van der Waals surface area contributed by atoms with Crippen LogP contribution in [-0.2, 0) is 11.2 Å². The lowest BCUT2D eigenvalue weighted by molar-refractivity contribution is 0.0498. The summed E-state index contributed by atoms with van der Waals surface area (Å²) in [4.78, 5) is 11.8. The Labute approximate surface area is 133 Å². The molecule has 2 N–H and O–H groups in total. The second-order valence-corrected chi connectivity index (χ2v) is 5.67. The van der Waals surface area contributed by atoms with Gasteiger partial charge < -0.3 is 10.5 Å². The average Bonchev–Trinajstić information content (AvgIpc) is 2.50. The molecule has 0 radical (unpaired) electrons. The third-order valence-electron chi connectivity index (χ3n) is 3.17. The highest BCUT2D eigenvalue weighted by Crippen LogP contribution is 2.20. The number of hydrogen-bond donors (Lipinski definition) is 1.